The van der Waals surface area contributed by atoms with E-state index in [0.29, 0.717) is 5.02 Å². The number of nitrogens with zero attached hydrogens (tertiary/aromatic N) is 1. The Labute approximate surface area is 215 Å². The van der Waals surface area contributed by atoms with Crippen LogP contribution in [0, 0.1) is 5.82 Å². The molecular formula is C25H33ClFN3O4S. The smallest absolute Gasteiger partial charge is 0.255 e. The summed E-state index contributed by atoms with van der Waals surface area (Å²) < 4.78 is 18.6. The van der Waals surface area contributed by atoms with E-state index < -0.39 is 11.7 Å². The number of hydrogen-bond acceptors (Lipinski definition) is 6. The van der Waals surface area contributed by atoms with Crippen molar-refractivity contribution < 1.29 is 23.8 Å². The molecule has 4 N–H and O–H groups in total. The molecule has 2 aromatic rings. The Balaban J connectivity index is 0.000000247. The number of ether oxygens (including phenoxy) is 1. The van der Waals surface area contributed by atoms with Crippen molar-refractivity contribution in [3.8, 4) is 11.6 Å². The minimum atomic E-state index is -0.725. The van der Waals surface area contributed by atoms with Crippen LogP contribution in [0.1, 0.15) is 73.1 Å². The van der Waals surface area contributed by atoms with Crippen LogP contribution in [0.25, 0.3) is 0 Å². The van der Waals surface area contributed by atoms with E-state index in [1.54, 1.807) is 12.1 Å². The zero-order valence-corrected chi connectivity index (χ0v) is 21.6. The van der Waals surface area contributed by atoms with E-state index in [1.165, 1.54) is 6.07 Å². The number of carbonyl (C=O) groups is 2. The highest BCUT2D eigenvalue weighted by Crippen LogP contribution is 2.24. The molecule has 2 heterocycles. The number of aromatic hydroxyl groups is 1. The Morgan fingerprint density at radius 3 is 2.46 bits per heavy atom. The molecule has 1 aromatic carbocycles. The summed E-state index contributed by atoms with van der Waals surface area (Å²) in [6.07, 6.45) is 6.83. The number of phenols is 1. The zero-order valence-electron chi connectivity index (χ0n) is 20.1. The quantitative estimate of drug-likeness (QED) is 0.407. The number of carbonyl (C=O) groups excluding carboxylic acids is 2. The third-order valence-corrected chi connectivity index (χ3v) is 6.63. The number of nitrogens with two attached hydrogens (primary N) is 1. The van der Waals surface area contributed by atoms with Crippen LogP contribution in [0.2, 0.25) is 5.02 Å². The van der Waals surface area contributed by atoms with E-state index in [9.17, 15) is 19.1 Å². The van der Waals surface area contributed by atoms with Gasteiger partial charge in [0.15, 0.2) is 0 Å². The average molecular weight is 526 g/mol. The molecule has 192 valence electrons. The first-order valence-electron chi connectivity index (χ1n) is 11.7. The largest absolute Gasteiger partial charge is 0.507 e. The summed E-state index contributed by atoms with van der Waals surface area (Å²) >= 11 is 7.61. The third-order valence-electron chi connectivity index (χ3n) is 5.34. The van der Waals surface area contributed by atoms with E-state index in [1.807, 2.05) is 11.8 Å². The molecule has 3 rings (SSSR count). The summed E-state index contributed by atoms with van der Waals surface area (Å²) in [5.41, 5.74) is 5.44. The van der Waals surface area contributed by atoms with Gasteiger partial charge in [-0.2, -0.15) is 11.8 Å². The molecule has 0 saturated carbocycles. The van der Waals surface area contributed by atoms with Crippen molar-refractivity contribution in [1.82, 2.24) is 10.3 Å². The summed E-state index contributed by atoms with van der Waals surface area (Å²) in [4.78, 5) is 27.0. The maximum atomic E-state index is 13.0. The van der Waals surface area contributed by atoms with E-state index in [4.69, 9.17) is 22.1 Å². The highest BCUT2D eigenvalue weighted by Gasteiger charge is 2.20. The number of benzene rings is 1. The first-order valence-corrected chi connectivity index (χ1v) is 13.3. The lowest BCUT2D eigenvalue weighted by Gasteiger charge is -2.22. The molecule has 35 heavy (non-hydrogen) atoms. The van der Waals surface area contributed by atoms with Gasteiger partial charge in [0.25, 0.3) is 11.8 Å². The Hall–Kier alpha value is -2.52. The second-order valence-electron chi connectivity index (χ2n) is 8.21. The Morgan fingerprint density at radius 1 is 1.23 bits per heavy atom. The van der Waals surface area contributed by atoms with Gasteiger partial charge in [-0.1, -0.05) is 38.3 Å². The van der Waals surface area contributed by atoms with E-state index in [-0.39, 0.29) is 40.8 Å². The molecule has 0 spiro atoms. The fraction of sp³-hybridized carbons (Fsp3) is 0.480. The van der Waals surface area contributed by atoms with Crippen molar-refractivity contribution in [1.29, 1.82) is 0 Å². The lowest BCUT2D eigenvalue weighted by atomic mass is 10.1. The van der Waals surface area contributed by atoms with Crippen LogP contribution in [0.5, 0.6) is 11.6 Å². The molecule has 0 unspecified atom stereocenters. The lowest BCUT2D eigenvalue weighted by molar-refractivity contribution is 0.0928. The Bertz CT molecular complexity index is 983. The Morgan fingerprint density at radius 2 is 1.89 bits per heavy atom. The molecule has 1 aliphatic heterocycles. The number of phenolic OH excluding ortho intramolecular Hbond substituents is 1. The van der Waals surface area contributed by atoms with E-state index in [2.05, 4.69) is 24.1 Å². The van der Waals surface area contributed by atoms with Crippen molar-refractivity contribution >= 4 is 35.2 Å². The summed E-state index contributed by atoms with van der Waals surface area (Å²) in [6, 6.07) is 5.75. The number of primary amides is 1. The van der Waals surface area contributed by atoms with Crippen molar-refractivity contribution in [3.63, 3.8) is 0 Å². The lowest BCUT2D eigenvalue weighted by Crippen LogP contribution is -2.34. The van der Waals surface area contributed by atoms with Crippen LogP contribution < -0.4 is 15.8 Å². The molecule has 1 aliphatic rings. The van der Waals surface area contributed by atoms with Crippen LogP contribution in [0.3, 0.4) is 0 Å². The molecule has 0 aliphatic carbocycles. The van der Waals surface area contributed by atoms with Gasteiger partial charge >= 0.3 is 0 Å². The van der Waals surface area contributed by atoms with E-state index in [0.717, 1.165) is 62.3 Å². The fourth-order valence-corrected chi connectivity index (χ4v) is 4.82. The van der Waals surface area contributed by atoms with Gasteiger partial charge < -0.3 is 20.9 Å². The highest BCUT2D eigenvalue weighted by molar-refractivity contribution is 7.99. The normalized spacial score (nSPS) is 13.6. The second kappa shape index (κ2) is 14.8. The van der Waals surface area contributed by atoms with Crippen LogP contribution >= 0.6 is 23.4 Å². The highest BCUT2D eigenvalue weighted by atomic mass is 35.5. The number of rotatable bonds is 9. The molecule has 1 saturated heterocycles. The number of amides is 2. The van der Waals surface area contributed by atoms with Crippen molar-refractivity contribution in [2.45, 2.75) is 64.5 Å². The van der Waals surface area contributed by atoms with Gasteiger partial charge in [0.2, 0.25) is 5.88 Å². The van der Waals surface area contributed by atoms with Crippen LogP contribution in [0.4, 0.5) is 4.39 Å². The maximum absolute atomic E-state index is 13.0. The van der Waals surface area contributed by atoms with Crippen molar-refractivity contribution in [2.75, 3.05) is 11.5 Å². The number of aromatic nitrogens is 1. The predicted octanol–water partition coefficient (Wildman–Crippen LogP) is 5.34. The zero-order chi connectivity index (χ0) is 25.8. The first kappa shape index (κ1) is 28.7. The second-order valence-corrected chi connectivity index (χ2v) is 9.87. The molecule has 1 fully saturated rings. The summed E-state index contributed by atoms with van der Waals surface area (Å²) in [7, 11) is 0. The standard InChI is InChI=1S/C14H20ClNO2.C11H13FN2O2S/c1-3-5-11(6-4-2)16-14(18)12-8-7-10(15)9-13(12)17;12-7-5-9(10(13)15)11(14-6-7)16-8-1-3-17-4-2-8/h7-9,11,17H,3-6H2,1-2H3,(H,16,18);5-6,8H,1-4H2,(H2,13,15). The molecule has 0 atom stereocenters. The van der Waals surface area contributed by atoms with E-state index >= 15 is 0 Å². The average Bonchev–Trinajstić information content (AvgIpc) is 2.81. The fourth-order valence-electron chi connectivity index (χ4n) is 3.59. The van der Waals surface area contributed by atoms with Gasteiger partial charge in [0.1, 0.15) is 23.2 Å². The number of nitrogens with one attached hydrogen (secondary N) is 1. The molecule has 10 heteroatoms. The van der Waals surface area contributed by atoms with Gasteiger partial charge in [0, 0.05) is 11.1 Å². The summed E-state index contributed by atoms with van der Waals surface area (Å²) in [5, 5.41) is 13.1. The topological polar surface area (TPSA) is 115 Å². The molecule has 1 aromatic heterocycles. The van der Waals surface area contributed by atoms with Gasteiger partial charge in [-0.25, -0.2) is 9.37 Å². The summed E-state index contributed by atoms with van der Waals surface area (Å²) in [6.45, 7) is 4.18. The van der Waals surface area contributed by atoms with Crippen molar-refractivity contribution in [3.05, 3.63) is 52.4 Å². The molecule has 2 amide bonds. The number of hydrogen-bond donors (Lipinski definition) is 3. The van der Waals surface area contributed by atoms with Gasteiger partial charge in [-0.15, -0.1) is 0 Å². The molecular weight excluding hydrogens is 493 g/mol. The third kappa shape index (κ3) is 9.57. The van der Waals surface area contributed by atoms with Crippen molar-refractivity contribution in [2.24, 2.45) is 5.73 Å². The number of pyridine rings is 1. The molecule has 7 nitrogen and oxygen atoms in total. The number of halogens is 2. The number of thioether (sulfide) groups is 1. The Kier molecular flexibility index (Phi) is 12.1. The SMILES string of the molecule is CCCC(CCC)NC(=O)c1ccc(Cl)cc1O.NC(=O)c1cc(F)cnc1OC1CCSCC1. The summed E-state index contributed by atoms with van der Waals surface area (Å²) in [5.74, 6) is 0.552. The molecule has 0 radical (unpaired) electrons. The first-order chi connectivity index (χ1) is 16.7. The minimum Gasteiger partial charge on any atom is -0.507 e. The maximum Gasteiger partial charge on any atom is 0.255 e. The predicted molar refractivity (Wildman–Crippen MR) is 138 cm³/mol. The van der Waals surface area contributed by atoms with Crippen LogP contribution in [-0.2, 0) is 0 Å². The van der Waals surface area contributed by atoms with Gasteiger partial charge in [-0.3, -0.25) is 9.59 Å². The minimum absolute atomic E-state index is 0.00299. The molecule has 0 bridgehead atoms. The van der Waals surface area contributed by atoms with Gasteiger partial charge in [0.05, 0.1) is 11.8 Å². The van der Waals surface area contributed by atoms with Crippen LogP contribution in [-0.4, -0.2) is 45.6 Å². The monoisotopic (exact) mass is 525 g/mol. The van der Waals surface area contributed by atoms with Crippen LogP contribution in [0.15, 0.2) is 30.5 Å². The van der Waals surface area contributed by atoms with Gasteiger partial charge in [-0.05, 0) is 61.5 Å².